The predicted molar refractivity (Wildman–Crippen MR) is 108 cm³/mol. The van der Waals surface area contributed by atoms with E-state index in [2.05, 4.69) is 10.6 Å². The second-order valence-electron chi connectivity index (χ2n) is 6.36. The molecule has 2 aromatic carbocycles. The van der Waals surface area contributed by atoms with Gasteiger partial charge in [0.2, 0.25) is 0 Å². The summed E-state index contributed by atoms with van der Waals surface area (Å²) in [6.07, 6.45) is 0. The number of urea groups is 1. The Morgan fingerprint density at radius 1 is 0.967 bits per heavy atom. The molecule has 0 spiro atoms. The first-order valence-corrected chi connectivity index (χ1v) is 9.37. The van der Waals surface area contributed by atoms with Crippen LogP contribution in [0.15, 0.2) is 65.9 Å². The van der Waals surface area contributed by atoms with Gasteiger partial charge in [0.1, 0.15) is 12.4 Å². The molecule has 1 atom stereocenters. The van der Waals surface area contributed by atoms with Crippen molar-refractivity contribution >= 4 is 18.0 Å². The summed E-state index contributed by atoms with van der Waals surface area (Å²) in [5.41, 5.74) is 1.38. The van der Waals surface area contributed by atoms with Crippen molar-refractivity contribution in [3.05, 3.63) is 77.0 Å². The van der Waals surface area contributed by atoms with Crippen LogP contribution in [0.1, 0.15) is 28.9 Å². The molecule has 30 heavy (non-hydrogen) atoms. The molecule has 2 amide bonds. The summed E-state index contributed by atoms with van der Waals surface area (Å²) in [5.74, 6) is -0.595. The normalized spacial score (nSPS) is 15.7. The third-order valence-corrected chi connectivity index (χ3v) is 4.46. The highest BCUT2D eigenvalue weighted by Crippen LogP contribution is 2.28. The Morgan fingerprint density at radius 3 is 2.30 bits per heavy atom. The molecule has 8 nitrogen and oxygen atoms in total. The van der Waals surface area contributed by atoms with Gasteiger partial charge in [-0.25, -0.2) is 14.4 Å². The highest BCUT2D eigenvalue weighted by molar-refractivity contribution is 5.95. The van der Waals surface area contributed by atoms with Crippen LogP contribution in [-0.2, 0) is 14.3 Å². The van der Waals surface area contributed by atoms with Crippen LogP contribution in [0.4, 0.5) is 4.79 Å². The largest absolute Gasteiger partial charge is 0.497 e. The Kier molecular flexibility index (Phi) is 6.69. The summed E-state index contributed by atoms with van der Waals surface area (Å²) in [5, 5.41) is 5.28. The van der Waals surface area contributed by atoms with E-state index < -0.39 is 24.0 Å². The van der Waals surface area contributed by atoms with Gasteiger partial charge in [0.25, 0.3) is 0 Å². The van der Waals surface area contributed by atoms with E-state index in [1.165, 1.54) is 7.11 Å². The highest BCUT2D eigenvalue weighted by Gasteiger charge is 2.34. The van der Waals surface area contributed by atoms with E-state index >= 15 is 0 Å². The van der Waals surface area contributed by atoms with E-state index in [-0.39, 0.29) is 24.5 Å². The van der Waals surface area contributed by atoms with Crippen molar-refractivity contribution in [3.8, 4) is 5.75 Å². The number of esters is 2. The van der Waals surface area contributed by atoms with E-state index in [1.54, 1.807) is 55.5 Å². The molecule has 3 rings (SSSR count). The van der Waals surface area contributed by atoms with E-state index in [0.29, 0.717) is 16.9 Å². The molecule has 2 aromatic rings. The minimum Gasteiger partial charge on any atom is -0.497 e. The van der Waals surface area contributed by atoms with Gasteiger partial charge in [-0.15, -0.1) is 0 Å². The summed E-state index contributed by atoms with van der Waals surface area (Å²) in [6, 6.07) is 14.2. The zero-order valence-corrected chi connectivity index (χ0v) is 16.6. The fraction of sp³-hybridized carbons (Fsp3) is 0.227. The molecule has 1 heterocycles. The molecular formula is C22H22N2O6. The van der Waals surface area contributed by atoms with Gasteiger partial charge in [-0.2, -0.15) is 0 Å². The Hall–Kier alpha value is -3.81. The molecule has 1 aliphatic rings. The van der Waals surface area contributed by atoms with Crippen molar-refractivity contribution in [2.24, 2.45) is 0 Å². The molecule has 0 saturated heterocycles. The Bertz CT molecular complexity index is 953. The van der Waals surface area contributed by atoms with E-state index in [0.717, 1.165) is 0 Å². The Morgan fingerprint density at radius 2 is 1.67 bits per heavy atom. The van der Waals surface area contributed by atoms with Crippen molar-refractivity contribution in [3.63, 3.8) is 0 Å². The lowest BCUT2D eigenvalue weighted by atomic mass is 9.95. The molecule has 156 valence electrons. The number of carbonyl (C=O) groups excluding carboxylic acids is 3. The summed E-state index contributed by atoms with van der Waals surface area (Å²) < 4.78 is 15.6. The maximum absolute atomic E-state index is 12.7. The fourth-order valence-corrected chi connectivity index (χ4v) is 3.03. The van der Waals surface area contributed by atoms with E-state index in [9.17, 15) is 14.4 Å². The van der Waals surface area contributed by atoms with Gasteiger partial charge in [0, 0.05) is 0 Å². The SMILES string of the molecule is CCOC(=O)C1=C(COC(=O)c2ccc(OC)cc2)NC(=O)N[C@H]1c1ccccc1. The monoisotopic (exact) mass is 410 g/mol. The molecule has 0 bridgehead atoms. The van der Waals surface area contributed by atoms with Crippen molar-refractivity contribution in [1.82, 2.24) is 10.6 Å². The molecule has 0 fully saturated rings. The third-order valence-electron chi connectivity index (χ3n) is 4.46. The van der Waals surface area contributed by atoms with Crippen LogP contribution in [0.5, 0.6) is 5.75 Å². The van der Waals surface area contributed by atoms with Gasteiger partial charge in [0.05, 0.1) is 36.6 Å². The first-order valence-electron chi connectivity index (χ1n) is 9.37. The minimum atomic E-state index is -0.728. The van der Waals surface area contributed by atoms with Gasteiger partial charge < -0.3 is 24.8 Å². The lowest BCUT2D eigenvalue weighted by Crippen LogP contribution is -2.47. The molecule has 2 N–H and O–H groups in total. The van der Waals surface area contributed by atoms with Crippen LogP contribution in [-0.4, -0.2) is 38.3 Å². The van der Waals surface area contributed by atoms with Crippen molar-refractivity contribution < 1.29 is 28.6 Å². The summed E-state index contributed by atoms with van der Waals surface area (Å²) in [4.78, 5) is 37.3. The number of ether oxygens (including phenoxy) is 3. The lowest BCUT2D eigenvalue weighted by Gasteiger charge is -2.29. The number of rotatable bonds is 7. The van der Waals surface area contributed by atoms with E-state index in [1.807, 2.05) is 6.07 Å². The standard InChI is InChI=1S/C22H22N2O6/c1-3-29-21(26)18-17(13-30-20(25)15-9-11-16(28-2)12-10-15)23-22(27)24-19(18)14-7-5-4-6-8-14/h4-12,19H,3,13H2,1-2H3,(H2,23,24,27)/t19-/m0/s1. The number of hydrogen-bond acceptors (Lipinski definition) is 6. The molecule has 0 unspecified atom stereocenters. The van der Waals surface area contributed by atoms with Gasteiger partial charge in [-0.3, -0.25) is 0 Å². The van der Waals surface area contributed by atoms with Gasteiger partial charge in [0.15, 0.2) is 0 Å². The quantitative estimate of drug-likeness (QED) is 0.681. The average molecular weight is 410 g/mol. The number of amides is 2. The maximum Gasteiger partial charge on any atom is 0.338 e. The third kappa shape index (κ3) is 4.78. The number of hydrogen-bond donors (Lipinski definition) is 2. The zero-order valence-electron chi connectivity index (χ0n) is 16.6. The molecule has 0 aliphatic carbocycles. The smallest absolute Gasteiger partial charge is 0.338 e. The molecule has 0 radical (unpaired) electrons. The number of nitrogens with one attached hydrogen (secondary N) is 2. The van der Waals surface area contributed by atoms with Crippen LogP contribution in [0.3, 0.4) is 0 Å². The Labute approximate surface area is 173 Å². The lowest BCUT2D eigenvalue weighted by molar-refractivity contribution is -0.139. The van der Waals surface area contributed by atoms with Crippen LogP contribution in [0.25, 0.3) is 0 Å². The van der Waals surface area contributed by atoms with Gasteiger partial charge >= 0.3 is 18.0 Å². The molecule has 0 saturated carbocycles. The van der Waals surface area contributed by atoms with Crippen molar-refractivity contribution in [2.75, 3.05) is 20.3 Å². The van der Waals surface area contributed by atoms with Crippen molar-refractivity contribution in [1.29, 1.82) is 0 Å². The number of methoxy groups -OCH3 is 1. The van der Waals surface area contributed by atoms with Crippen LogP contribution >= 0.6 is 0 Å². The van der Waals surface area contributed by atoms with Crippen LogP contribution < -0.4 is 15.4 Å². The molecular weight excluding hydrogens is 388 g/mol. The number of benzene rings is 2. The van der Waals surface area contributed by atoms with Crippen LogP contribution in [0.2, 0.25) is 0 Å². The first-order chi connectivity index (χ1) is 14.5. The first kappa shape index (κ1) is 20.9. The molecule has 0 aromatic heterocycles. The van der Waals surface area contributed by atoms with E-state index in [4.69, 9.17) is 14.2 Å². The predicted octanol–water partition coefficient (Wildman–Crippen LogP) is 2.72. The summed E-state index contributed by atoms with van der Waals surface area (Å²) in [7, 11) is 1.53. The Balaban J connectivity index is 1.87. The summed E-state index contributed by atoms with van der Waals surface area (Å²) in [6.45, 7) is 1.56. The van der Waals surface area contributed by atoms with Crippen molar-refractivity contribution in [2.45, 2.75) is 13.0 Å². The second-order valence-corrected chi connectivity index (χ2v) is 6.36. The zero-order chi connectivity index (χ0) is 21.5. The second kappa shape index (κ2) is 9.60. The maximum atomic E-state index is 12.7. The fourth-order valence-electron chi connectivity index (χ4n) is 3.03. The molecule has 8 heteroatoms. The summed E-state index contributed by atoms with van der Waals surface area (Å²) >= 11 is 0. The van der Waals surface area contributed by atoms with Gasteiger partial charge in [-0.05, 0) is 36.8 Å². The number of carbonyl (C=O) groups is 3. The van der Waals surface area contributed by atoms with Gasteiger partial charge in [-0.1, -0.05) is 30.3 Å². The van der Waals surface area contributed by atoms with Crippen LogP contribution in [0, 0.1) is 0 Å². The highest BCUT2D eigenvalue weighted by atomic mass is 16.5. The topological polar surface area (TPSA) is 103 Å². The molecule has 1 aliphatic heterocycles. The average Bonchev–Trinajstić information content (AvgIpc) is 2.77. The minimum absolute atomic E-state index is 0.163.